The summed E-state index contributed by atoms with van der Waals surface area (Å²) in [6, 6.07) is 26.7. The third-order valence-corrected chi connectivity index (χ3v) is 4.55. The van der Waals surface area contributed by atoms with Crippen LogP contribution in [0.25, 0.3) is 0 Å². The highest BCUT2D eigenvalue weighted by molar-refractivity contribution is 5.35. The van der Waals surface area contributed by atoms with Crippen molar-refractivity contribution < 1.29 is 0 Å². The first-order valence-electron chi connectivity index (χ1n) is 8.94. The summed E-state index contributed by atoms with van der Waals surface area (Å²) in [4.78, 5) is 0. The van der Waals surface area contributed by atoms with Gasteiger partial charge in [0, 0.05) is 0 Å². The first-order chi connectivity index (χ1) is 11.7. The molecule has 3 rings (SSSR count). The molecule has 0 N–H and O–H groups in total. The fourth-order valence-electron chi connectivity index (χ4n) is 3.30. The fraction of sp³-hybridized carbons (Fsp3) is 0.250. The van der Waals surface area contributed by atoms with E-state index in [1.165, 1.54) is 46.2 Å². The number of aryl methyl sites for hydroxylation is 2. The minimum absolute atomic E-state index is 1.01. The Morgan fingerprint density at radius 1 is 0.625 bits per heavy atom. The molecule has 0 spiro atoms. The fourth-order valence-corrected chi connectivity index (χ4v) is 3.30. The monoisotopic (exact) mass is 314 g/mol. The predicted molar refractivity (Wildman–Crippen MR) is 104 cm³/mol. The molecule has 0 nitrogen and oxygen atoms in total. The van der Waals surface area contributed by atoms with Gasteiger partial charge in [0.2, 0.25) is 0 Å². The number of hydrogen-bond donors (Lipinski definition) is 0. The SMILES string of the molecule is CCCc1ccccc1Cc1ccc(Cc2cccc(C)c2)cc1. The molecule has 0 aromatic heterocycles. The molecular weight excluding hydrogens is 288 g/mol. The van der Waals surface area contributed by atoms with E-state index in [1.807, 2.05) is 0 Å². The summed E-state index contributed by atoms with van der Waals surface area (Å²) in [6.45, 7) is 4.40. The van der Waals surface area contributed by atoms with Crippen LogP contribution < -0.4 is 0 Å². The zero-order valence-electron chi connectivity index (χ0n) is 14.8. The van der Waals surface area contributed by atoms with Gasteiger partial charge in [-0.1, -0.05) is 91.7 Å². The summed E-state index contributed by atoms with van der Waals surface area (Å²) in [5.41, 5.74) is 8.44. The summed E-state index contributed by atoms with van der Waals surface area (Å²) in [6.07, 6.45) is 4.41. The van der Waals surface area contributed by atoms with E-state index in [9.17, 15) is 0 Å². The van der Waals surface area contributed by atoms with Gasteiger partial charge >= 0.3 is 0 Å². The third-order valence-electron chi connectivity index (χ3n) is 4.55. The van der Waals surface area contributed by atoms with Crippen LogP contribution in [-0.2, 0) is 19.3 Å². The molecule has 0 atom stereocenters. The molecule has 0 unspecified atom stereocenters. The van der Waals surface area contributed by atoms with E-state index < -0.39 is 0 Å². The van der Waals surface area contributed by atoms with Crippen LogP contribution in [0.2, 0.25) is 0 Å². The van der Waals surface area contributed by atoms with Crippen molar-refractivity contribution in [3.63, 3.8) is 0 Å². The van der Waals surface area contributed by atoms with Crippen LogP contribution in [0.5, 0.6) is 0 Å². The molecule has 0 aliphatic carbocycles. The van der Waals surface area contributed by atoms with Gasteiger partial charge in [-0.15, -0.1) is 0 Å². The second-order valence-corrected chi connectivity index (χ2v) is 6.68. The zero-order chi connectivity index (χ0) is 16.8. The van der Waals surface area contributed by atoms with Crippen LogP contribution >= 0.6 is 0 Å². The molecule has 3 aromatic rings. The van der Waals surface area contributed by atoms with Gasteiger partial charge in [-0.2, -0.15) is 0 Å². The largest absolute Gasteiger partial charge is 0.0651 e. The lowest BCUT2D eigenvalue weighted by atomic mass is 9.96. The smallest absolute Gasteiger partial charge is 0.00230 e. The van der Waals surface area contributed by atoms with Crippen LogP contribution in [0, 0.1) is 6.92 Å². The minimum atomic E-state index is 1.01. The van der Waals surface area contributed by atoms with E-state index >= 15 is 0 Å². The molecule has 0 aliphatic rings. The van der Waals surface area contributed by atoms with Crippen LogP contribution in [0.1, 0.15) is 46.7 Å². The van der Waals surface area contributed by atoms with Crippen molar-refractivity contribution >= 4 is 0 Å². The van der Waals surface area contributed by atoms with E-state index in [-0.39, 0.29) is 0 Å². The first kappa shape index (κ1) is 16.5. The van der Waals surface area contributed by atoms with E-state index in [0.717, 1.165) is 12.8 Å². The van der Waals surface area contributed by atoms with Gasteiger partial charge in [-0.25, -0.2) is 0 Å². The molecule has 24 heavy (non-hydrogen) atoms. The molecule has 0 heteroatoms. The lowest BCUT2D eigenvalue weighted by molar-refractivity contribution is 0.904. The molecule has 0 saturated heterocycles. The zero-order valence-corrected chi connectivity index (χ0v) is 14.8. The predicted octanol–water partition coefficient (Wildman–Crippen LogP) is 6.13. The maximum absolute atomic E-state index is 2.29. The highest BCUT2D eigenvalue weighted by Gasteiger charge is 2.03. The molecule has 0 saturated carbocycles. The molecule has 0 radical (unpaired) electrons. The van der Waals surface area contributed by atoms with E-state index in [4.69, 9.17) is 0 Å². The van der Waals surface area contributed by atoms with Gasteiger partial charge in [-0.05, 0) is 54.0 Å². The molecule has 0 heterocycles. The summed E-state index contributed by atoms with van der Waals surface area (Å²) in [5, 5.41) is 0. The van der Waals surface area contributed by atoms with E-state index in [2.05, 4.69) is 86.6 Å². The first-order valence-corrected chi connectivity index (χ1v) is 8.94. The van der Waals surface area contributed by atoms with Gasteiger partial charge in [0.15, 0.2) is 0 Å². The summed E-state index contributed by atoms with van der Waals surface area (Å²) < 4.78 is 0. The average molecular weight is 314 g/mol. The third kappa shape index (κ3) is 4.35. The Labute approximate surface area is 146 Å². The normalized spacial score (nSPS) is 10.8. The standard InChI is InChI=1S/C24H26/c1-3-7-23-10-4-5-11-24(23)18-21-14-12-20(13-15-21)17-22-9-6-8-19(2)16-22/h4-6,8-16H,3,7,17-18H2,1-2H3. The maximum atomic E-state index is 2.29. The van der Waals surface area contributed by atoms with Crippen LogP contribution in [0.4, 0.5) is 0 Å². The Kier molecular flexibility index (Phi) is 5.48. The van der Waals surface area contributed by atoms with Crippen molar-refractivity contribution in [3.8, 4) is 0 Å². The number of hydrogen-bond acceptors (Lipinski definition) is 0. The van der Waals surface area contributed by atoms with Crippen LogP contribution in [0.3, 0.4) is 0 Å². The van der Waals surface area contributed by atoms with Crippen LogP contribution in [-0.4, -0.2) is 0 Å². The van der Waals surface area contributed by atoms with Crippen molar-refractivity contribution in [1.82, 2.24) is 0 Å². The Morgan fingerprint density at radius 2 is 1.29 bits per heavy atom. The summed E-state index contributed by atoms with van der Waals surface area (Å²) in [7, 11) is 0. The van der Waals surface area contributed by atoms with Gasteiger partial charge in [-0.3, -0.25) is 0 Å². The Hall–Kier alpha value is -2.34. The molecule has 122 valence electrons. The second kappa shape index (κ2) is 7.97. The van der Waals surface area contributed by atoms with Crippen molar-refractivity contribution in [2.24, 2.45) is 0 Å². The van der Waals surface area contributed by atoms with E-state index in [1.54, 1.807) is 0 Å². The highest BCUT2D eigenvalue weighted by atomic mass is 14.1. The van der Waals surface area contributed by atoms with Crippen LogP contribution in [0.15, 0.2) is 72.8 Å². The van der Waals surface area contributed by atoms with Crippen molar-refractivity contribution in [3.05, 3.63) is 106 Å². The van der Waals surface area contributed by atoms with Gasteiger partial charge < -0.3 is 0 Å². The van der Waals surface area contributed by atoms with Crippen molar-refractivity contribution in [2.45, 2.75) is 39.5 Å². The Balaban J connectivity index is 1.71. The summed E-state index contributed by atoms with van der Waals surface area (Å²) >= 11 is 0. The maximum Gasteiger partial charge on any atom is -0.00230 e. The highest BCUT2D eigenvalue weighted by Crippen LogP contribution is 2.18. The lowest BCUT2D eigenvalue weighted by Gasteiger charge is -2.10. The van der Waals surface area contributed by atoms with Gasteiger partial charge in [0.1, 0.15) is 0 Å². The quantitative estimate of drug-likeness (QED) is 0.513. The molecular formula is C24H26. The molecule has 0 amide bonds. The van der Waals surface area contributed by atoms with Crippen molar-refractivity contribution in [1.29, 1.82) is 0 Å². The topological polar surface area (TPSA) is 0 Å². The average Bonchev–Trinajstić information content (AvgIpc) is 2.59. The Bertz CT molecular complexity index is 781. The Morgan fingerprint density at radius 3 is 1.96 bits per heavy atom. The number of benzene rings is 3. The minimum Gasteiger partial charge on any atom is -0.0651 e. The summed E-state index contributed by atoms with van der Waals surface area (Å²) in [5.74, 6) is 0. The molecule has 0 aliphatic heterocycles. The lowest BCUT2D eigenvalue weighted by Crippen LogP contribution is -1.96. The molecule has 0 bridgehead atoms. The van der Waals surface area contributed by atoms with Crippen molar-refractivity contribution in [2.75, 3.05) is 0 Å². The number of rotatable bonds is 6. The molecule has 3 aromatic carbocycles. The molecule has 0 fully saturated rings. The van der Waals surface area contributed by atoms with E-state index in [0.29, 0.717) is 0 Å². The van der Waals surface area contributed by atoms with Gasteiger partial charge in [0.05, 0.1) is 0 Å². The van der Waals surface area contributed by atoms with Gasteiger partial charge in [0.25, 0.3) is 0 Å². The second-order valence-electron chi connectivity index (χ2n) is 6.68.